The molecule has 0 saturated carbocycles. The van der Waals surface area contributed by atoms with E-state index in [0.717, 1.165) is 16.9 Å². The lowest BCUT2D eigenvalue weighted by Gasteiger charge is -2.18. The van der Waals surface area contributed by atoms with E-state index in [-0.39, 0.29) is 24.8 Å². The fraction of sp³-hybridized carbons (Fsp3) is 0.400. The van der Waals surface area contributed by atoms with E-state index in [1.165, 1.54) is 5.56 Å². The highest BCUT2D eigenvalue weighted by molar-refractivity contribution is 6.00. The average molecular weight is 355 g/mol. The van der Waals surface area contributed by atoms with Crippen molar-refractivity contribution in [2.75, 3.05) is 18.0 Å². The zero-order valence-corrected chi connectivity index (χ0v) is 15.4. The maximum Gasteiger partial charge on any atom is 0.227 e. The highest BCUT2D eigenvalue weighted by Gasteiger charge is 2.35. The van der Waals surface area contributed by atoms with Crippen molar-refractivity contribution in [2.45, 2.75) is 26.4 Å². The van der Waals surface area contributed by atoms with E-state index in [1.54, 1.807) is 4.90 Å². The van der Waals surface area contributed by atoms with Gasteiger partial charge in [-0.1, -0.05) is 6.07 Å². The molecule has 2 heterocycles. The summed E-state index contributed by atoms with van der Waals surface area (Å²) in [6.45, 7) is 4.53. The maximum atomic E-state index is 12.4. The number of aryl methyl sites for hydroxylation is 3. The molecule has 138 valence electrons. The van der Waals surface area contributed by atoms with Crippen LogP contribution >= 0.6 is 0 Å². The number of aliphatic hydroxyl groups excluding tert-OH is 1. The van der Waals surface area contributed by atoms with E-state index < -0.39 is 12.0 Å². The summed E-state index contributed by atoms with van der Waals surface area (Å²) in [6.07, 6.45) is 1.27. The Morgan fingerprint density at radius 1 is 1.31 bits per heavy atom. The van der Waals surface area contributed by atoms with Gasteiger partial charge in [-0.25, -0.2) is 0 Å². The van der Waals surface area contributed by atoms with Crippen LogP contribution in [0.3, 0.4) is 0 Å². The van der Waals surface area contributed by atoms with E-state index >= 15 is 0 Å². The van der Waals surface area contributed by atoms with Crippen LogP contribution in [0, 0.1) is 19.8 Å². The van der Waals surface area contributed by atoms with E-state index in [1.807, 2.05) is 62.0 Å². The molecule has 2 atom stereocenters. The van der Waals surface area contributed by atoms with Gasteiger partial charge in [-0.15, -0.1) is 0 Å². The number of aromatic nitrogens is 1. The normalized spacial score (nSPS) is 18.2. The van der Waals surface area contributed by atoms with Crippen molar-refractivity contribution in [3.05, 3.63) is 53.3 Å². The molecule has 2 amide bonds. The van der Waals surface area contributed by atoms with Crippen LogP contribution in [0.25, 0.3) is 0 Å². The van der Waals surface area contributed by atoms with Crippen LogP contribution in [0.15, 0.2) is 36.5 Å². The smallest absolute Gasteiger partial charge is 0.227 e. The van der Waals surface area contributed by atoms with Gasteiger partial charge >= 0.3 is 0 Å². The zero-order valence-electron chi connectivity index (χ0n) is 15.4. The van der Waals surface area contributed by atoms with Gasteiger partial charge in [0.1, 0.15) is 6.10 Å². The fourth-order valence-corrected chi connectivity index (χ4v) is 3.29. The Bertz CT molecular complexity index is 827. The molecular formula is C20H25N3O3. The monoisotopic (exact) mass is 355 g/mol. The minimum atomic E-state index is -0.771. The van der Waals surface area contributed by atoms with E-state index in [9.17, 15) is 14.7 Å². The first-order valence-corrected chi connectivity index (χ1v) is 8.81. The van der Waals surface area contributed by atoms with Crippen molar-refractivity contribution in [1.29, 1.82) is 0 Å². The second kappa shape index (κ2) is 7.33. The standard InChI is InChI=1S/C20H25N3O3/c1-13-6-7-16(9-14(13)2)23-12-15(10-19(23)25)20(26)21-11-18(24)17-5-4-8-22(17)3/h4-9,15,18,24H,10-12H2,1-3H3,(H,21,26). The van der Waals surface area contributed by atoms with Crippen molar-refractivity contribution in [3.8, 4) is 0 Å². The predicted molar refractivity (Wildman–Crippen MR) is 99.8 cm³/mol. The molecular weight excluding hydrogens is 330 g/mol. The summed E-state index contributed by atoms with van der Waals surface area (Å²) in [4.78, 5) is 26.5. The summed E-state index contributed by atoms with van der Waals surface area (Å²) in [5.74, 6) is -0.640. The summed E-state index contributed by atoms with van der Waals surface area (Å²) in [7, 11) is 1.84. The lowest BCUT2D eigenvalue weighted by molar-refractivity contribution is -0.126. The van der Waals surface area contributed by atoms with Gasteiger partial charge in [0.05, 0.1) is 5.92 Å². The number of carbonyl (C=O) groups excluding carboxylic acids is 2. The number of nitrogens with zero attached hydrogens (tertiary/aromatic N) is 2. The molecule has 0 bridgehead atoms. The van der Waals surface area contributed by atoms with Gasteiger partial charge in [0.25, 0.3) is 0 Å². The van der Waals surface area contributed by atoms with Gasteiger partial charge in [0, 0.05) is 44.1 Å². The number of hydrogen-bond acceptors (Lipinski definition) is 3. The Kier molecular flexibility index (Phi) is 5.13. The molecule has 1 saturated heterocycles. The highest BCUT2D eigenvalue weighted by Crippen LogP contribution is 2.27. The first kappa shape index (κ1) is 18.2. The van der Waals surface area contributed by atoms with Gasteiger partial charge in [-0.05, 0) is 49.2 Å². The molecule has 1 aliphatic heterocycles. The SMILES string of the molecule is Cc1ccc(N2CC(C(=O)NCC(O)c3cccn3C)CC2=O)cc1C. The van der Waals surface area contributed by atoms with Crippen LogP contribution in [-0.2, 0) is 16.6 Å². The van der Waals surface area contributed by atoms with E-state index in [2.05, 4.69) is 5.32 Å². The Labute approximate surface area is 153 Å². The Morgan fingerprint density at radius 3 is 2.73 bits per heavy atom. The van der Waals surface area contributed by atoms with Crippen molar-refractivity contribution in [3.63, 3.8) is 0 Å². The number of carbonyl (C=O) groups is 2. The number of anilines is 1. The summed E-state index contributed by atoms with van der Waals surface area (Å²) in [5.41, 5.74) is 3.86. The van der Waals surface area contributed by atoms with Crippen LogP contribution in [0.5, 0.6) is 0 Å². The summed E-state index contributed by atoms with van der Waals surface area (Å²) in [5, 5.41) is 13.0. The summed E-state index contributed by atoms with van der Waals surface area (Å²) < 4.78 is 1.82. The molecule has 0 aliphatic carbocycles. The number of aliphatic hydroxyl groups is 1. The average Bonchev–Trinajstić information content (AvgIpc) is 3.21. The molecule has 6 heteroatoms. The van der Waals surface area contributed by atoms with Crippen LogP contribution in [0.1, 0.15) is 29.3 Å². The number of amides is 2. The Hall–Kier alpha value is -2.60. The molecule has 2 N–H and O–H groups in total. The molecule has 1 aromatic heterocycles. The topological polar surface area (TPSA) is 74.6 Å². The van der Waals surface area contributed by atoms with Gasteiger partial charge in [0.2, 0.25) is 11.8 Å². The lowest BCUT2D eigenvalue weighted by Crippen LogP contribution is -2.35. The lowest BCUT2D eigenvalue weighted by atomic mass is 10.1. The first-order valence-electron chi connectivity index (χ1n) is 8.81. The summed E-state index contributed by atoms with van der Waals surface area (Å²) in [6, 6.07) is 9.54. The third kappa shape index (κ3) is 3.65. The van der Waals surface area contributed by atoms with Crippen LogP contribution in [0.4, 0.5) is 5.69 Å². The maximum absolute atomic E-state index is 12.4. The van der Waals surface area contributed by atoms with Crippen LogP contribution in [0.2, 0.25) is 0 Å². The van der Waals surface area contributed by atoms with E-state index in [4.69, 9.17) is 0 Å². The van der Waals surface area contributed by atoms with E-state index in [0.29, 0.717) is 6.54 Å². The quantitative estimate of drug-likeness (QED) is 0.859. The zero-order chi connectivity index (χ0) is 18.8. The fourth-order valence-electron chi connectivity index (χ4n) is 3.29. The van der Waals surface area contributed by atoms with Crippen molar-refractivity contribution >= 4 is 17.5 Å². The molecule has 3 rings (SSSR count). The minimum absolute atomic E-state index is 0.0450. The van der Waals surface area contributed by atoms with Crippen LogP contribution in [-0.4, -0.2) is 34.6 Å². The van der Waals surface area contributed by atoms with Gasteiger partial charge in [-0.2, -0.15) is 0 Å². The second-order valence-corrected chi connectivity index (χ2v) is 6.98. The molecule has 6 nitrogen and oxygen atoms in total. The molecule has 2 aromatic rings. The largest absolute Gasteiger partial charge is 0.385 e. The molecule has 1 aliphatic rings. The molecule has 0 spiro atoms. The molecule has 26 heavy (non-hydrogen) atoms. The van der Waals surface area contributed by atoms with Crippen molar-refractivity contribution in [2.24, 2.45) is 13.0 Å². The van der Waals surface area contributed by atoms with Crippen LogP contribution < -0.4 is 10.2 Å². The van der Waals surface area contributed by atoms with Gasteiger partial charge in [-0.3, -0.25) is 9.59 Å². The number of rotatable bonds is 5. The highest BCUT2D eigenvalue weighted by atomic mass is 16.3. The predicted octanol–water partition coefficient (Wildman–Crippen LogP) is 1.84. The minimum Gasteiger partial charge on any atom is -0.385 e. The third-order valence-electron chi connectivity index (χ3n) is 5.09. The van der Waals surface area contributed by atoms with Crippen molar-refractivity contribution < 1.29 is 14.7 Å². The van der Waals surface area contributed by atoms with Gasteiger partial charge in [0.15, 0.2) is 0 Å². The third-order valence-corrected chi connectivity index (χ3v) is 5.09. The molecule has 0 radical (unpaired) electrons. The number of hydrogen-bond donors (Lipinski definition) is 2. The van der Waals surface area contributed by atoms with Gasteiger partial charge < -0.3 is 19.9 Å². The van der Waals surface area contributed by atoms with Crippen molar-refractivity contribution in [1.82, 2.24) is 9.88 Å². The number of nitrogens with one attached hydrogen (secondary N) is 1. The second-order valence-electron chi connectivity index (χ2n) is 6.98. The molecule has 1 fully saturated rings. The number of benzene rings is 1. The Balaban J connectivity index is 1.60. The first-order chi connectivity index (χ1) is 12.4. The molecule has 1 aromatic carbocycles. The summed E-state index contributed by atoms with van der Waals surface area (Å²) >= 11 is 0. The Morgan fingerprint density at radius 2 is 2.08 bits per heavy atom. The molecule has 2 unspecified atom stereocenters.